The molecular formula is C21H32F6O2Si. The van der Waals surface area contributed by atoms with Crippen LogP contribution in [0, 0.1) is 23.2 Å². The Balaban J connectivity index is 2.25. The molecule has 9 heteroatoms. The number of halogens is 6. The predicted octanol–water partition coefficient (Wildman–Crippen LogP) is 7.07. The molecule has 2 nitrogen and oxygen atoms in total. The van der Waals surface area contributed by atoms with Crippen LogP contribution < -0.4 is 0 Å². The molecule has 0 radical (unpaired) electrons. The number of alkyl halides is 6. The number of rotatable bonds is 6. The molecule has 4 atom stereocenters. The SMILES string of the molecule is CC(CC=CC(O[Si](C)(C)C)(C(F)(F)F)C(F)(F)F)[C@H]1CC[C@H]2C(=O)CCC[C@]12C. The Kier molecular flexibility index (Phi) is 7.00. The van der Waals surface area contributed by atoms with E-state index in [1.54, 1.807) is 0 Å². The van der Waals surface area contributed by atoms with E-state index < -0.39 is 26.3 Å². The summed E-state index contributed by atoms with van der Waals surface area (Å²) in [6.45, 7) is 7.81. The summed E-state index contributed by atoms with van der Waals surface area (Å²) in [5, 5.41) is 0. The van der Waals surface area contributed by atoms with Crippen molar-refractivity contribution in [3.63, 3.8) is 0 Å². The van der Waals surface area contributed by atoms with Crippen molar-refractivity contribution in [1.82, 2.24) is 0 Å². The van der Waals surface area contributed by atoms with Crippen LogP contribution in [0.3, 0.4) is 0 Å². The molecule has 0 N–H and O–H groups in total. The zero-order valence-corrected chi connectivity index (χ0v) is 19.2. The molecule has 174 valence electrons. The van der Waals surface area contributed by atoms with Gasteiger partial charge in [0.05, 0.1) is 0 Å². The number of fused-ring (bicyclic) bond motifs is 1. The lowest BCUT2D eigenvalue weighted by molar-refractivity contribution is -0.340. The van der Waals surface area contributed by atoms with E-state index in [-0.39, 0.29) is 41.4 Å². The summed E-state index contributed by atoms with van der Waals surface area (Å²) in [6.07, 6.45) is -6.26. The average molecular weight is 459 g/mol. The first-order chi connectivity index (χ1) is 13.4. The Bertz CT molecular complexity index is 650. The van der Waals surface area contributed by atoms with Gasteiger partial charge in [-0.05, 0) is 75.1 Å². The molecule has 2 aliphatic rings. The maximum Gasteiger partial charge on any atom is 0.429 e. The highest BCUT2D eigenvalue weighted by Gasteiger charge is 2.71. The first-order valence-electron chi connectivity index (χ1n) is 10.5. The fourth-order valence-electron chi connectivity index (χ4n) is 5.50. The lowest BCUT2D eigenvalue weighted by atomic mass is 9.62. The fraction of sp³-hybridized carbons (Fsp3) is 0.857. The number of hydrogen-bond donors (Lipinski definition) is 0. The summed E-state index contributed by atoms with van der Waals surface area (Å²) in [4.78, 5) is 12.3. The zero-order valence-electron chi connectivity index (χ0n) is 18.2. The molecule has 30 heavy (non-hydrogen) atoms. The lowest BCUT2D eigenvalue weighted by Crippen LogP contribution is -2.61. The number of hydrogen-bond acceptors (Lipinski definition) is 2. The van der Waals surface area contributed by atoms with Crippen LogP contribution >= 0.6 is 0 Å². The molecule has 1 unspecified atom stereocenters. The third-order valence-corrected chi connectivity index (χ3v) is 7.73. The van der Waals surface area contributed by atoms with Crippen molar-refractivity contribution in [2.45, 2.75) is 90.0 Å². The standard InChI is InChI=1S/C21H32F6O2Si/c1-14(15-10-11-16-17(28)9-7-12-18(15,16)2)8-6-13-19(20(22,23)24,21(25,26)27)29-30(3,4)5/h6,13-16H,7-12H2,1-5H3/t14?,15-,16+,18-/m1/s1. The third kappa shape index (κ3) is 4.81. The average Bonchev–Trinajstić information content (AvgIpc) is 2.89. The Hall–Kier alpha value is -0.833. The topological polar surface area (TPSA) is 26.3 Å². The summed E-state index contributed by atoms with van der Waals surface area (Å²) in [5.41, 5.74) is -4.52. The largest absolute Gasteiger partial charge is 0.429 e. The van der Waals surface area contributed by atoms with Crippen LogP contribution in [-0.4, -0.2) is 32.1 Å². The van der Waals surface area contributed by atoms with Crippen LogP contribution in [0.15, 0.2) is 12.2 Å². The van der Waals surface area contributed by atoms with Crippen LogP contribution in [0.25, 0.3) is 0 Å². The van der Waals surface area contributed by atoms with E-state index in [0.717, 1.165) is 31.8 Å². The van der Waals surface area contributed by atoms with Crippen LogP contribution in [0.4, 0.5) is 26.3 Å². The van der Waals surface area contributed by atoms with Gasteiger partial charge in [-0.15, -0.1) is 0 Å². The van der Waals surface area contributed by atoms with Crippen LogP contribution in [0.2, 0.25) is 19.6 Å². The van der Waals surface area contributed by atoms with Gasteiger partial charge in [-0.1, -0.05) is 19.9 Å². The molecule has 0 saturated heterocycles. The maximum atomic E-state index is 13.6. The summed E-state index contributed by atoms with van der Waals surface area (Å²) in [5.74, 6) is 0.168. The Morgan fingerprint density at radius 2 is 1.70 bits per heavy atom. The normalized spacial score (nSPS) is 30.0. The van der Waals surface area contributed by atoms with Crippen molar-refractivity contribution in [2.75, 3.05) is 0 Å². The van der Waals surface area contributed by atoms with E-state index in [0.29, 0.717) is 6.42 Å². The second-order valence-electron chi connectivity index (χ2n) is 10.1. The van der Waals surface area contributed by atoms with E-state index in [9.17, 15) is 31.1 Å². The quantitative estimate of drug-likeness (QED) is 0.242. The molecule has 0 bridgehead atoms. The molecule has 0 aromatic heterocycles. The first-order valence-corrected chi connectivity index (χ1v) is 13.9. The van der Waals surface area contributed by atoms with Gasteiger partial charge in [0.2, 0.25) is 0 Å². The van der Waals surface area contributed by atoms with Crippen molar-refractivity contribution >= 4 is 14.1 Å². The molecule has 2 rings (SSSR count). The van der Waals surface area contributed by atoms with E-state index in [1.807, 2.05) is 6.92 Å². The Labute approximate surface area is 175 Å². The van der Waals surface area contributed by atoms with Crippen molar-refractivity contribution in [3.05, 3.63) is 12.2 Å². The van der Waals surface area contributed by atoms with Gasteiger partial charge in [-0.2, -0.15) is 26.3 Å². The van der Waals surface area contributed by atoms with Crippen molar-refractivity contribution in [1.29, 1.82) is 0 Å². The molecule has 0 aliphatic heterocycles. The molecule has 0 amide bonds. The number of ketones is 1. The monoisotopic (exact) mass is 458 g/mol. The number of allylic oxidation sites excluding steroid dienone is 1. The summed E-state index contributed by atoms with van der Waals surface area (Å²) < 4.78 is 86.6. The molecule has 2 aliphatic carbocycles. The van der Waals surface area contributed by atoms with Crippen molar-refractivity contribution in [3.8, 4) is 0 Å². The Morgan fingerprint density at radius 1 is 1.13 bits per heavy atom. The van der Waals surface area contributed by atoms with Gasteiger partial charge in [0.1, 0.15) is 5.78 Å². The number of carbonyl (C=O) groups is 1. The zero-order chi connectivity index (χ0) is 23.2. The van der Waals surface area contributed by atoms with Gasteiger partial charge in [0, 0.05) is 12.3 Å². The second-order valence-corrected chi connectivity index (χ2v) is 14.6. The maximum absolute atomic E-state index is 13.6. The van der Waals surface area contributed by atoms with Gasteiger partial charge in [0.15, 0.2) is 8.32 Å². The van der Waals surface area contributed by atoms with Gasteiger partial charge in [-0.3, -0.25) is 4.79 Å². The molecule has 0 spiro atoms. The third-order valence-electron chi connectivity index (χ3n) is 6.79. The summed E-state index contributed by atoms with van der Waals surface area (Å²) >= 11 is 0. The molecule has 0 aromatic carbocycles. The van der Waals surface area contributed by atoms with Gasteiger partial charge in [-0.25, -0.2) is 0 Å². The molecule has 0 heterocycles. The summed E-state index contributed by atoms with van der Waals surface area (Å²) in [6, 6.07) is 0. The number of carbonyl (C=O) groups excluding carboxylic acids is 1. The number of Topliss-reactive ketones (excluding diaryl/α,β-unsaturated/α-hetero) is 1. The highest BCUT2D eigenvalue weighted by molar-refractivity contribution is 6.69. The van der Waals surface area contributed by atoms with Gasteiger partial charge < -0.3 is 4.43 Å². The van der Waals surface area contributed by atoms with Crippen molar-refractivity contribution in [2.24, 2.45) is 23.2 Å². The van der Waals surface area contributed by atoms with E-state index in [4.69, 9.17) is 4.43 Å². The van der Waals surface area contributed by atoms with Crippen LogP contribution in [0.5, 0.6) is 0 Å². The minimum Gasteiger partial charge on any atom is -0.394 e. The fourth-order valence-corrected chi connectivity index (χ4v) is 6.77. The minimum atomic E-state index is -5.62. The predicted molar refractivity (Wildman–Crippen MR) is 105 cm³/mol. The Morgan fingerprint density at radius 3 is 2.20 bits per heavy atom. The first kappa shape index (κ1) is 25.4. The molecule has 0 aromatic rings. The van der Waals surface area contributed by atoms with E-state index >= 15 is 0 Å². The smallest absolute Gasteiger partial charge is 0.394 e. The van der Waals surface area contributed by atoms with E-state index in [1.165, 1.54) is 19.6 Å². The van der Waals surface area contributed by atoms with Crippen LogP contribution in [-0.2, 0) is 9.22 Å². The highest BCUT2D eigenvalue weighted by Crippen LogP contribution is 2.57. The van der Waals surface area contributed by atoms with Gasteiger partial charge >= 0.3 is 12.4 Å². The highest BCUT2D eigenvalue weighted by atomic mass is 28.4. The summed E-state index contributed by atoms with van der Waals surface area (Å²) in [7, 11) is -3.19. The van der Waals surface area contributed by atoms with Crippen molar-refractivity contribution < 1.29 is 35.6 Å². The second kappa shape index (κ2) is 8.26. The van der Waals surface area contributed by atoms with Gasteiger partial charge in [0.25, 0.3) is 5.60 Å². The molecule has 2 fully saturated rings. The van der Waals surface area contributed by atoms with Crippen LogP contribution in [0.1, 0.15) is 52.4 Å². The molecular weight excluding hydrogens is 426 g/mol. The van der Waals surface area contributed by atoms with E-state index in [2.05, 4.69) is 6.92 Å². The lowest BCUT2D eigenvalue weighted by Gasteiger charge is -2.42. The minimum absolute atomic E-state index is 0.0395. The molecule has 2 saturated carbocycles.